The van der Waals surface area contributed by atoms with Gasteiger partial charge in [0.05, 0.1) is 6.42 Å². The zero-order valence-electron chi connectivity index (χ0n) is 14.1. The van der Waals surface area contributed by atoms with E-state index in [2.05, 4.69) is 49.2 Å². The molecule has 0 saturated carbocycles. The monoisotopic (exact) mass is 300 g/mol. The van der Waals surface area contributed by atoms with Gasteiger partial charge >= 0.3 is 0 Å². The standard InChI is InChI=1S/C19H28N2O/c1-14-4-5-15(2)17(10-14)11-18(22)21-13-19(12-16(21)3)6-8-20-9-7-19/h4-5,10,16,20H,6-9,11-13H2,1-3H3. The van der Waals surface area contributed by atoms with Crippen LogP contribution >= 0.6 is 0 Å². The van der Waals surface area contributed by atoms with Gasteiger partial charge in [-0.1, -0.05) is 23.8 Å². The summed E-state index contributed by atoms with van der Waals surface area (Å²) in [6.07, 6.45) is 4.15. The first-order valence-electron chi connectivity index (χ1n) is 8.55. The zero-order chi connectivity index (χ0) is 15.7. The number of likely N-dealkylation sites (tertiary alicyclic amines) is 1. The van der Waals surface area contributed by atoms with Crippen molar-refractivity contribution in [3.8, 4) is 0 Å². The second kappa shape index (κ2) is 6.04. The lowest BCUT2D eigenvalue weighted by Crippen LogP contribution is -2.40. The number of carbonyl (C=O) groups is 1. The molecule has 1 spiro atoms. The molecule has 1 N–H and O–H groups in total. The fraction of sp³-hybridized carbons (Fsp3) is 0.632. The molecule has 0 aromatic heterocycles. The maximum atomic E-state index is 12.8. The van der Waals surface area contributed by atoms with Crippen molar-refractivity contribution in [2.24, 2.45) is 5.41 Å². The Kier molecular flexibility index (Phi) is 4.26. The van der Waals surface area contributed by atoms with Crippen molar-refractivity contribution in [1.82, 2.24) is 10.2 Å². The fourth-order valence-electron chi connectivity index (χ4n) is 4.23. The van der Waals surface area contributed by atoms with Gasteiger partial charge in [0.2, 0.25) is 5.91 Å². The first-order chi connectivity index (χ1) is 10.5. The van der Waals surface area contributed by atoms with Gasteiger partial charge in [0.1, 0.15) is 0 Å². The van der Waals surface area contributed by atoms with Crippen molar-refractivity contribution in [2.45, 2.75) is 52.5 Å². The molecule has 1 aromatic carbocycles. The Morgan fingerprint density at radius 1 is 1.32 bits per heavy atom. The molecule has 0 bridgehead atoms. The normalized spacial score (nSPS) is 24.0. The number of amides is 1. The maximum absolute atomic E-state index is 12.8. The summed E-state index contributed by atoms with van der Waals surface area (Å²) in [5, 5.41) is 3.44. The smallest absolute Gasteiger partial charge is 0.227 e. The minimum absolute atomic E-state index is 0.302. The molecule has 2 fully saturated rings. The van der Waals surface area contributed by atoms with Crippen LogP contribution in [-0.4, -0.2) is 36.5 Å². The van der Waals surface area contributed by atoms with Crippen LogP contribution in [0.15, 0.2) is 18.2 Å². The quantitative estimate of drug-likeness (QED) is 0.911. The predicted molar refractivity (Wildman–Crippen MR) is 89.9 cm³/mol. The molecule has 0 aliphatic carbocycles. The third-order valence-electron chi connectivity index (χ3n) is 5.60. The number of hydrogen-bond acceptors (Lipinski definition) is 2. The van der Waals surface area contributed by atoms with E-state index in [1.54, 1.807) is 0 Å². The minimum Gasteiger partial charge on any atom is -0.339 e. The van der Waals surface area contributed by atoms with Crippen molar-refractivity contribution >= 4 is 5.91 Å². The topological polar surface area (TPSA) is 32.3 Å². The highest BCUT2D eigenvalue weighted by Gasteiger charge is 2.44. The van der Waals surface area contributed by atoms with E-state index in [0.29, 0.717) is 23.8 Å². The molecule has 0 radical (unpaired) electrons. The average molecular weight is 300 g/mol. The Labute approximate surface area is 134 Å². The molecule has 1 atom stereocenters. The van der Waals surface area contributed by atoms with Gasteiger partial charge in [0.15, 0.2) is 0 Å². The van der Waals surface area contributed by atoms with E-state index in [-0.39, 0.29) is 0 Å². The van der Waals surface area contributed by atoms with E-state index in [0.717, 1.165) is 19.6 Å². The van der Waals surface area contributed by atoms with Gasteiger partial charge in [-0.05, 0) is 69.7 Å². The molecule has 3 rings (SSSR count). The van der Waals surface area contributed by atoms with Crippen LogP contribution in [0.2, 0.25) is 0 Å². The summed E-state index contributed by atoms with van der Waals surface area (Å²) in [6, 6.07) is 6.79. The second-order valence-electron chi connectivity index (χ2n) is 7.43. The van der Waals surface area contributed by atoms with Crippen LogP contribution in [0, 0.1) is 19.3 Å². The van der Waals surface area contributed by atoms with E-state index in [1.807, 2.05) is 0 Å². The highest BCUT2D eigenvalue weighted by atomic mass is 16.2. The van der Waals surface area contributed by atoms with Gasteiger partial charge in [-0.3, -0.25) is 4.79 Å². The number of benzene rings is 1. The summed E-state index contributed by atoms with van der Waals surface area (Å²) in [7, 11) is 0. The summed E-state index contributed by atoms with van der Waals surface area (Å²) in [4.78, 5) is 15.0. The number of carbonyl (C=O) groups excluding carboxylic acids is 1. The van der Waals surface area contributed by atoms with Crippen LogP contribution < -0.4 is 5.32 Å². The molecule has 2 saturated heterocycles. The van der Waals surface area contributed by atoms with E-state index >= 15 is 0 Å². The predicted octanol–water partition coefficient (Wildman–Crippen LogP) is 2.84. The number of nitrogens with zero attached hydrogens (tertiary/aromatic N) is 1. The summed E-state index contributed by atoms with van der Waals surface area (Å²) >= 11 is 0. The summed E-state index contributed by atoms with van der Waals surface area (Å²) in [5.41, 5.74) is 4.02. The Morgan fingerprint density at radius 2 is 2.05 bits per heavy atom. The molecule has 2 heterocycles. The molecule has 3 heteroatoms. The largest absolute Gasteiger partial charge is 0.339 e. The van der Waals surface area contributed by atoms with Crippen LogP contribution in [0.1, 0.15) is 42.9 Å². The Balaban J connectivity index is 1.71. The highest BCUT2D eigenvalue weighted by molar-refractivity contribution is 5.80. The molecule has 1 amide bonds. The first-order valence-corrected chi connectivity index (χ1v) is 8.55. The zero-order valence-corrected chi connectivity index (χ0v) is 14.1. The van der Waals surface area contributed by atoms with Crippen molar-refractivity contribution in [3.05, 3.63) is 34.9 Å². The Bertz CT molecular complexity index is 561. The highest BCUT2D eigenvalue weighted by Crippen LogP contribution is 2.42. The van der Waals surface area contributed by atoms with Gasteiger partial charge in [-0.25, -0.2) is 0 Å². The number of aryl methyl sites for hydroxylation is 2. The molecule has 22 heavy (non-hydrogen) atoms. The third-order valence-corrected chi connectivity index (χ3v) is 5.60. The van der Waals surface area contributed by atoms with Crippen molar-refractivity contribution < 1.29 is 4.79 Å². The Hall–Kier alpha value is -1.35. The first kappa shape index (κ1) is 15.5. The number of piperidine rings is 1. The lowest BCUT2D eigenvalue weighted by molar-refractivity contribution is -0.131. The minimum atomic E-state index is 0.302. The van der Waals surface area contributed by atoms with Crippen molar-refractivity contribution in [2.75, 3.05) is 19.6 Å². The summed E-state index contributed by atoms with van der Waals surface area (Å²) in [5.74, 6) is 0.302. The second-order valence-corrected chi connectivity index (χ2v) is 7.43. The maximum Gasteiger partial charge on any atom is 0.227 e. The number of hydrogen-bond donors (Lipinski definition) is 1. The van der Waals surface area contributed by atoms with Gasteiger partial charge in [0.25, 0.3) is 0 Å². The molecule has 2 aliphatic rings. The van der Waals surface area contributed by atoms with E-state index in [9.17, 15) is 4.79 Å². The molecular formula is C19H28N2O. The van der Waals surface area contributed by atoms with Crippen LogP contribution in [0.4, 0.5) is 0 Å². The van der Waals surface area contributed by atoms with Crippen LogP contribution in [0.5, 0.6) is 0 Å². The van der Waals surface area contributed by atoms with E-state index in [1.165, 1.54) is 36.0 Å². The molecular weight excluding hydrogens is 272 g/mol. The van der Waals surface area contributed by atoms with Crippen LogP contribution in [-0.2, 0) is 11.2 Å². The molecule has 2 aliphatic heterocycles. The lowest BCUT2D eigenvalue weighted by Gasteiger charge is -2.33. The number of nitrogens with one attached hydrogen (secondary N) is 1. The van der Waals surface area contributed by atoms with Crippen molar-refractivity contribution in [3.63, 3.8) is 0 Å². The average Bonchev–Trinajstić information content (AvgIpc) is 2.80. The Morgan fingerprint density at radius 3 is 2.77 bits per heavy atom. The van der Waals surface area contributed by atoms with E-state index < -0.39 is 0 Å². The molecule has 1 unspecified atom stereocenters. The van der Waals surface area contributed by atoms with Gasteiger partial charge in [-0.2, -0.15) is 0 Å². The molecule has 1 aromatic rings. The van der Waals surface area contributed by atoms with Crippen LogP contribution in [0.25, 0.3) is 0 Å². The SMILES string of the molecule is Cc1ccc(C)c(CC(=O)N2CC3(CCNCC3)CC2C)c1. The lowest BCUT2D eigenvalue weighted by atomic mass is 9.77. The van der Waals surface area contributed by atoms with Gasteiger partial charge < -0.3 is 10.2 Å². The molecule has 120 valence electrons. The summed E-state index contributed by atoms with van der Waals surface area (Å²) in [6.45, 7) is 9.58. The fourth-order valence-corrected chi connectivity index (χ4v) is 4.23. The van der Waals surface area contributed by atoms with Gasteiger partial charge in [0, 0.05) is 12.6 Å². The van der Waals surface area contributed by atoms with E-state index in [4.69, 9.17) is 0 Å². The van der Waals surface area contributed by atoms with Crippen molar-refractivity contribution in [1.29, 1.82) is 0 Å². The molecule has 3 nitrogen and oxygen atoms in total. The van der Waals surface area contributed by atoms with Gasteiger partial charge in [-0.15, -0.1) is 0 Å². The number of rotatable bonds is 2. The summed E-state index contributed by atoms with van der Waals surface area (Å²) < 4.78 is 0. The third kappa shape index (κ3) is 3.05. The van der Waals surface area contributed by atoms with Crippen LogP contribution in [0.3, 0.4) is 0 Å².